The summed E-state index contributed by atoms with van der Waals surface area (Å²) >= 11 is 6.36. The smallest absolute Gasteiger partial charge is 0.254 e. The summed E-state index contributed by atoms with van der Waals surface area (Å²) in [4.78, 5) is 30.0. The van der Waals surface area contributed by atoms with Gasteiger partial charge in [-0.2, -0.15) is 0 Å². The summed E-state index contributed by atoms with van der Waals surface area (Å²) in [5.41, 5.74) is 1.01. The van der Waals surface area contributed by atoms with E-state index in [1.807, 2.05) is 19.1 Å². The first-order valence-electron chi connectivity index (χ1n) is 11.3. The van der Waals surface area contributed by atoms with Gasteiger partial charge >= 0.3 is 0 Å². The third kappa shape index (κ3) is 3.28. The van der Waals surface area contributed by atoms with Crippen LogP contribution in [0.25, 0.3) is 0 Å². The largest absolute Gasteiger partial charge is 0.496 e. The van der Waals surface area contributed by atoms with Crippen LogP contribution in [0.5, 0.6) is 5.75 Å². The number of methoxy groups -OCH3 is 1. The van der Waals surface area contributed by atoms with Crippen molar-refractivity contribution in [3.05, 3.63) is 58.1 Å². The van der Waals surface area contributed by atoms with E-state index in [0.717, 1.165) is 10.5 Å². The molecule has 7 nitrogen and oxygen atoms in total. The molecule has 0 radical (unpaired) electrons. The van der Waals surface area contributed by atoms with Gasteiger partial charge in [-0.05, 0) is 43.7 Å². The Labute approximate surface area is 189 Å². The molecule has 4 rings (SSSR count). The van der Waals surface area contributed by atoms with Crippen LogP contribution in [-0.4, -0.2) is 66.6 Å². The summed E-state index contributed by atoms with van der Waals surface area (Å²) in [7, 11) is 0.729. The Morgan fingerprint density at radius 2 is 2.10 bits per heavy atom. The highest BCUT2D eigenvalue weighted by atomic mass is 35.5. The van der Waals surface area contributed by atoms with Crippen LogP contribution in [0, 0.1) is 6.92 Å². The van der Waals surface area contributed by atoms with Crippen molar-refractivity contribution < 1.29 is 22.2 Å². The number of fused-ring (bicyclic) bond motifs is 1. The van der Waals surface area contributed by atoms with Crippen molar-refractivity contribution in [2.24, 2.45) is 0 Å². The molecule has 0 saturated carbocycles. The molecule has 0 spiro atoms. The summed E-state index contributed by atoms with van der Waals surface area (Å²) < 4.78 is 21.0. The van der Waals surface area contributed by atoms with E-state index in [-0.39, 0.29) is 18.9 Å². The number of anilines is 1. The zero-order valence-corrected chi connectivity index (χ0v) is 18.1. The molecule has 31 heavy (non-hydrogen) atoms. The third-order valence-electron chi connectivity index (χ3n) is 6.00. The molecule has 3 atom stereocenters. The van der Waals surface area contributed by atoms with Crippen molar-refractivity contribution in [3.63, 3.8) is 0 Å². The topological polar surface area (TPSA) is 82.1 Å². The van der Waals surface area contributed by atoms with E-state index in [2.05, 4.69) is 5.32 Å². The number of amides is 2. The summed E-state index contributed by atoms with van der Waals surface area (Å²) in [5.74, 6) is -0.418. The Kier molecular flexibility index (Phi) is 4.82. The molecule has 164 valence electrons. The number of carbonyl (C=O) groups is 2. The van der Waals surface area contributed by atoms with Gasteiger partial charge in [0.25, 0.3) is 5.91 Å². The van der Waals surface area contributed by atoms with Gasteiger partial charge in [-0.15, -0.1) is 0 Å². The van der Waals surface area contributed by atoms with Crippen molar-refractivity contribution in [3.8, 4) is 5.75 Å². The quantitative estimate of drug-likeness (QED) is 0.755. The zero-order chi connectivity index (χ0) is 23.9. The van der Waals surface area contributed by atoms with E-state index in [1.165, 1.54) is 7.11 Å². The molecule has 2 aromatic rings. The number of nitrogens with zero attached hydrogens (tertiary/aromatic N) is 2. The number of aliphatic hydroxyl groups excluding tert-OH is 1. The number of likely N-dealkylation sites (N-methyl/N-ethyl adjacent to an activating group) is 1. The van der Waals surface area contributed by atoms with Crippen molar-refractivity contribution >= 4 is 29.1 Å². The molecule has 1 fully saturated rings. The van der Waals surface area contributed by atoms with Crippen molar-refractivity contribution in [2.75, 3.05) is 33.0 Å². The van der Waals surface area contributed by atoms with E-state index < -0.39 is 37.6 Å². The van der Waals surface area contributed by atoms with Gasteiger partial charge < -0.3 is 20.1 Å². The van der Waals surface area contributed by atoms with Gasteiger partial charge in [0.05, 0.1) is 19.3 Å². The number of carbonyl (C=O) groups excluding carboxylic acids is 2. The average molecular weight is 446 g/mol. The van der Waals surface area contributed by atoms with Crippen molar-refractivity contribution in [2.45, 2.75) is 31.0 Å². The number of rotatable bonds is 4. The number of nitrogens with one attached hydrogen (secondary N) is 1. The SMILES string of the molecule is [2H]CN(C[2H])C(=O)[C@@H]1C[C@@H](O)CN1C1(c2cc(C)ccc2OC)C(=O)Nc2ccc(Cl)cc21. The maximum absolute atomic E-state index is 13.9. The van der Waals surface area contributed by atoms with E-state index >= 15 is 0 Å². The van der Waals surface area contributed by atoms with Gasteiger partial charge in [0.1, 0.15) is 5.75 Å². The molecule has 0 aromatic heterocycles. The molecular weight excluding hydrogens is 418 g/mol. The van der Waals surface area contributed by atoms with Gasteiger partial charge in [-0.25, -0.2) is 0 Å². The van der Waals surface area contributed by atoms with Gasteiger partial charge in [0.15, 0.2) is 5.54 Å². The first-order valence-corrected chi connectivity index (χ1v) is 10.2. The first-order chi connectivity index (χ1) is 15.8. The lowest BCUT2D eigenvalue weighted by Crippen LogP contribution is -2.57. The monoisotopic (exact) mass is 445 g/mol. The summed E-state index contributed by atoms with van der Waals surface area (Å²) in [5, 5.41) is 14.0. The highest BCUT2D eigenvalue weighted by Gasteiger charge is 2.59. The summed E-state index contributed by atoms with van der Waals surface area (Å²) in [6.07, 6.45) is -0.796. The van der Waals surface area contributed by atoms with Gasteiger partial charge in [-0.1, -0.05) is 23.2 Å². The molecule has 1 saturated heterocycles. The fourth-order valence-electron chi connectivity index (χ4n) is 4.70. The van der Waals surface area contributed by atoms with Crippen LogP contribution >= 0.6 is 11.6 Å². The predicted molar refractivity (Wildman–Crippen MR) is 118 cm³/mol. The number of hydrogen-bond acceptors (Lipinski definition) is 5. The number of hydrogen-bond donors (Lipinski definition) is 2. The minimum atomic E-state index is -1.51. The number of β-amino-alcohol motifs (C(OH)–C–C–N with tert-alkyl or cyclic N) is 1. The van der Waals surface area contributed by atoms with Crippen LogP contribution in [0.2, 0.25) is 5.02 Å². The molecule has 2 amide bonds. The average Bonchev–Trinajstić information content (AvgIpc) is 3.31. The minimum absolute atomic E-state index is 0.0384. The molecule has 0 bridgehead atoms. The van der Waals surface area contributed by atoms with E-state index in [4.69, 9.17) is 19.1 Å². The lowest BCUT2D eigenvalue weighted by Gasteiger charge is -2.41. The molecule has 8 heteroatoms. The fourth-order valence-corrected chi connectivity index (χ4v) is 4.87. The van der Waals surface area contributed by atoms with E-state index in [0.29, 0.717) is 27.6 Å². The first kappa shape index (κ1) is 19.1. The highest BCUT2D eigenvalue weighted by Crippen LogP contribution is 2.51. The Morgan fingerprint density at radius 1 is 1.32 bits per heavy atom. The number of aliphatic hydroxyl groups is 1. The fraction of sp³-hybridized carbons (Fsp3) is 0.391. The number of ether oxygens (including phenoxy) is 1. The van der Waals surface area contributed by atoms with Crippen LogP contribution in [0.4, 0.5) is 5.69 Å². The molecule has 2 aliphatic rings. The van der Waals surface area contributed by atoms with Crippen LogP contribution in [0.3, 0.4) is 0 Å². The number of likely N-dealkylation sites (tertiary alicyclic amines) is 1. The predicted octanol–water partition coefficient (Wildman–Crippen LogP) is 2.38. The number of aryl methyl sites for hydroxylation is 1. The summed E-state index contributed by atoms with van der Waals surface area (Å²) in [6.45, 7) is 1.93. The van der Waals surface area contributed by atoms with Gasteiger partial charge in [-0.3, -0.25) is 14.5 Å². The summed E-state index contributed by atoms with van der Waals surface area (Å²) in [6, 6.07) is 9.63. The zero-order valence-electron chi connectivity index (χ0n) is 19.4. The van der Waals surface area contributed by atoms with Crippen LogP contribution < -0.4 is 10.1 Å². The molecule has 2 aromatic carbocycles. The van der Waals surface area contributed by atoms with Crippen LogP contribution in [0.1, 0.15) is 25.9 Å². The number of benzene rings is 2. The lowest BCUT2D eigenvalue weighted by molar-refractivity contribution is -0.138. The second kappa shape index (κ2) is 7.82. The highest BCUT2D eigenvalue weighted by molar-refractivity contribution is 6.31. The maximum Gasteiger partial charge on any atom is 0.254 e. The second-order valence-electron chi connectivity index (χ2n) is 7.99. The molecular formula is C23H26ClN3O4. The molecule has 0 aliphatic carbocycles. The van der Waals surface area contributed by atoms with E-state index in [1.54, 1.807) is 29.2 Å². The molecule has 1 unspecified atom stereocenters. The minimum Gasteiger partial charge on any atom is -0.496 e. The van der Waals surface area contributed by atoms with Gasteiger partial charge in [0, 0.05) is 45.2 Å². The Bertz CT molecular complexity index is 1100. The van der Waals surface area contributed by atoms with E-state index in [9.17, 15) is 14.7 Å². The number of halogens is 1. The third-order valence-corrected chi connectivity index (χ3v) is 6.23. The van der Waals surface area contributed by atoms with Crippen molar-refractivity contribution in [1.82, 2.24) is 9.80 Å². The standard InChI is InChI=1S/C23H26ClN3O4/c1-13-5-8-20(31-4)17(9-13)23(16-10-14(24)6-7-18(16)25-22(23)30)27-12-15(28)11-19(27)21(29)26(2)3/h5-10,15,19,28H,11-12H2,1-4H3,(H,25,30)/t15-,19+,23?/m1/s1/i2D,3D. The second-order valence-corrected chi connectivity index (χ2v) is 8.43. The Morgan fingerprint density at radius 3 is 2.81 bits per heavy atom. The van der Waals surface area contributed by atoms with Crippen LogP contribution in [-0.2, 0) is 15.1 Å². The maximum atomic E-state index is 13.9. The molecule has 2 aliphatic heterocycles. The molecule has 2 heterocycles. The Balaban J connectivity index is 2.02. The Hall–Kier alpha value is -2.61. The normalized spacial score (nSPS) is 26.1. The molecule has 2 N–H and O–H groups in total. The lowest BCUT2D eigenvalue weighted by atomic mass is 9.80. The van der Waals surface area contributed by atoms with Crippen molar-refractivity contribution in [1.29, 1.82) is 0 Å². The van der Waals surface area contributed by atoms with Crippen LogP contribution in [0.15, 0.2) is 36.4 Å². The van der Waals surface area contributed by atoms with Gasteiger partial charge in [0.2, 0.25) is 5.91 Å².